The van der Waals surface area contributed by atoms with Crippen LogP contribution in [0.3, 0.4) is 0 Å². The number of ether oxygens (including phenoxy) is 1. The first-order valence-electron chi connectivity index (χ1n) is 11.2. The molecule has 2 amide bonds. The number of benzene rings is 2. The number of hydrogen-bond donors (Lipinski definition) is 1. The van der Waals surface area contributed by atoms with Crippen molar-refractivity contribution >= 4 is 23.2 Å². The van der Waals surface area contributed by atoms with E-state index in [2.05, 4.69) is 29.3 Å². The summed E-state index contributed by atoms with van der Waals surface area (Å²) in [5.41, 5.74) is 2.84. The number of hydrogen-bond acceptors (Lipinski definition) is 4. The third-order valence-electron chi connectivity index (χ3n) is 6.09. The lowest BCUT2D eigenvalue weighted by atomic mass is 9.99. The van der Waals surface area contributed by atoms with E-state index < -0.39 is 0 Å². The van der Waals surface area contributed by atoms with Crippen LogP contribution < -0.4 is 15.0 Å². The van der Waals surface area contributed by atoms with Crippen molar-refractivity contribution in [2.45, 2.75) is 39.2 Å². The molecule has 31 heavy (non-hydrogen) atoms. The quantitative estimate of drug-likeness (QED) is 0.732. The molecule has 0 saturated carbocycles. The molecule has 2 aromatic carbocycles. The lowest BCUT2D eigenvalue weighted by Gasteiger charge is -2.30. The van der Waals surface area contributed by atoms with Crippen molar-refractivity contribution in [2.24, 2.45) is 5.92 Å². The van der Waals surface area contributed by atoms with Crippen molar-refractivity contribution in [3.8, 4) is 5.75 Å². The number of likely N-dealkylation sites (tertiary alicyclic amines) is 1. The van der Waals surface area contributed by atoms with Gasteiger partial charge in [-0.1, -0.05) is 25.1 Å². The smallest absolute Gasteiger partial charge is 0.262 e. The summed E-state index contributed by atoms with van der Waals surface area (Å²) in [6.45, 7) is 6.25. The molecule has 2 aromatic rings. The Morgan fingerprint density at radius 1 is 1.10 bits per heavy atom. The zero-order chi connectivity index (χ0) is 21.6. The molecule has 2 saturated heterocycles. The van der Waals surface area contributed by atoms with Gasteiger partial charge in [0.2, 0.25) is 5.91 Å². The highest BCUT2D eigenvalue weighted by molar-refractivity contribution is 5.95. The Labute approximate surface area is 184 Å². The van der Waals surface area contributed by atoms with Crippen LogP contribution in [-0.2, 0) is 16.1 Å². The topological polar surface area (TPSA) is 61.9 Å². The maximum atomic E-state index is 12.3. The minimum absolute atomic E-state index is 0.0783. The predicted molar refractivity (Wildman–Crippen MR) is 122 cm³/mol. The van der Waals surface area contributed by atoms with Gasteiger partial charge in [0.25, 0.3) is 5.91 Å². The molecule has 0 aliphatic carbocycles. The highest BCUT2D eigenvalue weighted by atomic mass is 16.5. The minimum atomic E-state index is -0.208. The van der Waals surface area contributed by atoms with Crippen LogP contribution in [0.25, 0.3) is 0 Å². The van der Waals surface area contributed by atoms with Crippen LogP contribution in [0.5, 0.6) is 5.75 Å². The maximum Gasteiger partial charge on any atom is 0.262 e. The molecule has 0 radical (unpaired) electrons. The van der Waals surface area contributed by atoms with Crippen LogP contribution in [0.15, 0.2) is 48.5 Å². The zero-order valence-electron chi connectivity index (χ0n) is 18.2. The van der Waals surface area contributed by atoms with E-state index in [1.807, 2.05) is 30.3 Å². The SMILES string of the molecule is CC1CCN(Cc2ccc(NC(=O)COc3cccc(N4CCCC4=O)c3)cc2)CC1. The van der Waals surface area contributed by atoms with E-state index in [1.165, 1.54) is 18.4 Å². The van der Waals surface area contributed by atoms with Crippen molar-refractivity contribution in [1.82, 2.24) is 4.90 Å². The number of nitrogens with zero attached hydrogens (tertiary/aromatic N) is 2. The van der Waals surface area contributed by atoms with Crippen LogP contribution in [0.4, 0.5) is 11.4 Å². The molecule has 2 fully saturated rings. The first-order valence-corrected chi connectivity index (χ1v) is 11.2. The standard InChI is InChI=1S/C25H31N3O3/c1-19-11-14-27(15-12-19)17-20-7-9-21(10-8-20)26-24(29)18-31-23-5-2-4-22(16-23)28-13-3-6-25(28)30/h2,4-5,7-10,16,19H,3,6,11-15,17-18H2,1H3,(H,26,29). The second-order valence-electron chi connectivity index (χ2n) is 8.64. The third-order valence-corrected chi connectivity index (χ3v) is 6.09. The largest absolute Gasteiger partial charge is 0.484 e. The molecular formula is C25H31N3O3. The molecule has 164 valence electrons. The predicted octanol–water partition coefficient (Wildman–Crippen LogP) is 4.06. The number of nitrogens with one attached hydrogen (secondary N) is 1. The number of anilines is 2. The Balaban J connectivity index is 1.25. The van der Waals surface area contributed by atoms with E-state index in [4.69, 9.17) is 4.74 Å². The first kappa shape index (κ1) is 21.4. The summed E-state index contributed by atoms with van der Waals surface area (Å²) in [4.78, 5) is 28.5. The Morgan fingerprint density at radius 3 is 2.58 bits per heavy atom. The third kappa shape index (κ3) is 5.85. The number of piperidine rings is 1. The summed E-state index contributed by atoms with van der Waals surface area (Å²) < 4.78 is 5.65. The zero-order valence-corrected chi connectivity index (χ0v) is 18.2. The van der Waals surface area contributed by atoms with Gasteiger partial charge in [-0.25, -0.2) is 0 Å². The molecule has 6 heteroatoms. The highest BCUT2D eigenvalue weighted by Crippen LogP contribution is 2.25. The fourth-order valence-corrected chi connectivity index (χ4v) is 4.18. The average Bonchev–Trinajstić information content (AvgIpc) is 3.21. The highest BCUT2D eigenvalue weighted by Gasteiger charge is 2.22. The molecule has 2 aliphatic heterocycles. The van der Waals surface area contributed by atoms with Crippen LogP contribution in [0, 0.1) is 5.92 Å². The van der Waals surface area contributed by atoms with Gasteiger partial charge in [0, 0.05) is 37.0 Å². The summed E-state index contributed by atoms with van der Waals surface area (Å²) in [5, 5.41) is 2.88. The van der Waals surface area contributed by atoms with Gasteiger partial charge in [-0.15, -0.1) is 0 Å². The monoisotopic (exact) mass is 421 g/mol. The van der Waals surface area contributed by atoms with Crippen LogP contribution in [0.2, 0.25) is 0 Å². The Bertz CT molecular complexity index is 904. The Hall–Kier alpha value is -2.86. The molecule has 2 heterocycles. The number of rotatable bonds is 7. The fraction of sp³-hybridized carbons (Fsp3) is 0.440. The van der Waals surface area contributed by atoms with E-state index >= 15 is 0 Å². The van der Waals surface area contributed by atoms with Crippen molar-refractivity contribution in [2.75, 3.05) is 36.5 Å². The van der Waals surface area contributed by atoms with E-state index in [0.717, 1.165) is 49.9 Å². The summed E-state index contributed by atoms with van der Waals surface area (Å²) in [6, 6.07) is 15.4. The van der Waals surface area contributed by atoms with Crippen molar-refractivity contribution in [3.63, 3.8) is 0 Å². The van der Waals surface area contributed by atoms with Gasteiger partial charge in [-0.2, -0.15) is 0 Å². The second-order valence-corrected chi connectivity index (χ2v) is 8.64. The number of carbonyl (C=O) groups is 2. The molecule has 0 unspecified atom stereocenters. The normalized spacial score (nSPS) is 17.7. The van der Waals surface area contributed by atoms with E-state index in [9.17, 15) is 9.59 Å². The number of amides is 2. The summed E-state index contributed by atoms with van der Waals surface area (Å²) in [7, 11) is 0. The van der Waals surface area contributed by atoms with E-state index in [0.29, 0.717) is 12.2 Å². The van der Waals surface area contributed by atoms with Gasteiger partial charge >= 0.3 is 0 Å². The van der Waals surface area contributed by atoms with Gasteiger partial charge in [0.05, 0.1) is 0 Å². The lowest BCUT2D eigenvalue weighted by Crippen LogP contribution is -2.32. The fourth-order valence-electron chi connectivity index (χ4n) is 4.18. The van der Waals surface area contributed by atoms with Crippen molar-refractivity contribution < 1.29 is 14.3 Å². The summed E-state index contributed by atoms with van der Waals surface area (Å²) in [6.07, 6.45) is 4.00. The van der Waals surface area contributed by atoms with E-state index in [1.54, 1.807) is 11.0 Å². The van der Waals surface area contributed by atoms with Crippen molar-refractivity contribution in [1.29, 1.82) is 0 Å². The van der Waals surface area contributed by atoms with Gasteiger partial charge < -0.3 is 15.0 Å². The molecule has 6 nitrogen and oxygen atoms in total. The van der Waals surface area contributed by atoms with Gasteiger partial charge in [-0.3, -0.25) is 14.5 Å². The first-order chi connectivity index (χ1) is 15.1. The lowest BCUT2D eigenvalue weighted by molar-refractivity contribution is -0.118. The molecule has 0 bridgehead atoms. The molecule has 0 spiro atoms. The molecule has 2 aliphatic rings. The van der Waals surface area contributed by atoms with Crippen LogP contribution in [0.1, 0.15) is 38.2 Å². The van der Waals surface area contributed by atoms with Crippen molar-refractivity contribution in [3.05, 3.63) is 54.1 Å². The molecule has 4 rings (SSSR count). The molecule has 0 atom stereocenters. The van der Waals surface area contributed by atoms with Crippen LogP contribution in [-0.4, -0.2) is 43.0 Å². The Morgan fingerprint density at radius 2 is 1.87 bits per heavy atom. The molecule has 1 N–H and O–H groups in total. The average molecular weight is 422 g/mol. The molecule has 0 aromatic heterocycles. The van der Waals surface area contributed by atoms with Gasteiger partial charge in [0.1, 0.15) is 5.75 Å². The second kappa shape index (κ2) is 9.96. The van der Waals surface area contributed by atoms with Gasteiger partial charge in [0.15, 0.2) is 6.61 Å². The minimum Gasteiger partial charge on any atom is -0.484 e. The maximum absolute atomic E-state index is 12.3. The van der Waals surface area contributed by atoms with Crippen LogP contribution >= 0.6 is 0 Å². The summed E-state index contributed by atoms with van der Waals surface area (Å²) in [5.74, 6) is 1.34. The van der Waals surface area contributed by atoms with Gasteiger partial charge in [-0.05, 0) is 68.1 Å². The number of carbonyl (C=O) groups excluding carboxylic acids is 2. The molecular weight excluding hydrogens is 390 g/mol. The summed E-state index contributed by atoms with van der Waals surface area (Å²) >= 11 is 0. The van der Waals surface area contributed by atoms with E-state index in [-0.39, 0.29) is 18.4 Å². The Kier molecular flexibility index (Phi) is 6.87.